The molecule has 160 valence electrons. The van der Waals surface area contributed by atoms with Crippen molar-refractivity contribution in [2.45, 2.75) is 52.0 Å². The Hall–Kier alpha value is -2.82. The molecule has 1 heterocycles. The first-order valence-corrected chi connectivity index (χ1v) is 10.8. The summed E-state index contributed by atoms with van der Waals surface area (Å²) in [5, 5.41) is 3.06. The number of fused-ring (bicyclic) bond motifs is 1. The van der Waals surface area contributed by atoms with E-state index in [1.54, 1.807) is 4.90 Å². The first-order valence-electron chi connectivity index (χ1n) is 10.8. The van der Waals surface area contributed by atoms with Crippen molar-refractivity contribution >= 4 is 17.5 Å². The third kappa shape index (κ3) is 5.02. The molecular formula is C25H32N2O3. The van der Waals surface area contributed by atoms with Crippen LogP contribution >= 0.6 is 0 Å². The number of rotatable bonds is 5. The smallest absolute Gasteiger partial charge is 0.246 e. The van der Waals surface area contributed by atoms with Gasteiger partial charge >= 0.3 is 0 Å². The van der Waals surface area contributed by atoms with Crippen LogP contribution in [-0.2, 0) is 16.0 Å². The molecule has 2 aromatic rings. The average molecular weight is 409 g/mol. The largest absolute Gasteiger partial charge is 0.493 e. The Morgan fingerprint density at radius 3 is 2.53 bits per heavy atom. The normalized spacial score (nSPS) is 19.7. The van der Waals surface area contributed by atoms with Crippen LogP contribution < -0.4 is 15.0 Å². The summed E-state index contributed by atoms with van der Waals surface area (Å²) in [5.74, 6) is 1.09. The van der Waals surface area contributed by atoms with Crippen molar-refractivity contribution in [3.8, 4) is 5.75 Å². The number of hydrogen-bond donors (Lipinski definition) is 1. The van der Waals surface area contributed by atoms with Crippen molar-refractivity contribution in [3.63, 3.8) is 0 Å². The minimum Gasteiger partial charge on any atom is -0.493 e. The summed E-state index contributed by atoms with van der Waals surface area (Å²) in [7, 11) is 0. The monoisotopic (exact) mass is 408 g/mol. The van der Waals surface area contributed by atoms with Crippen LogP contribution in [0.5, 0.6) is 5.75 Å². The van der Waals surface area contributed by atoms with Gasteiger partial charge in [-0.05, 0) is 49.4 Å². The maximum absolute atomic E-state index is 13.4. The maximum atomic E-state index is 13.4. The van der Waals surface area contributed by atoms with Crippen molar-refractivity contribution in [3.05, 3.63) is 60.2 Å². The molecule has 1 atom stereocenters. The number of amides is 2. The van der Waals surface area contributed by atoms with E-state index in [1.165, 1.54) is 0 Å². The van der Waals surface area contributed by atoms with Gasteiger partial charge in [0.2, 0.25) is 11.8 Å². The van der Waals surface area contributed by atoms with Gasteiger partial charge in [0.15, 0.2) is 0 Å². The van der Waals surface area contributed by atoms with Gasteiger partial charge in [0.25, 0.3) is 0 Å². The summed E-state index contributed by atoms with van der Waals surface area (Å²) in [6.07, 6.45) is 2.17. The van der Waals surface area contributed by atoms with Gasteiger partial charge < -0.3 is 10.1 Å². The van der Waals surface area contributed by atoms with Gasteiger partial charge in [-0.1, -0.05) is 50.2 Å². The van der Waals surface area contributed by atoms with E-state index in [2.05, 4.69) is 19.2 Å². The quantitative estimate of drug-likeness (QED) is 0.800. The Morgan fingerprint density at radius 2 is 1.80 bits per heavy atom. The van der Waals surface area contributed by atoms with Crippen molar-refractivity contribution in [2.24, 2.45) is 5.92 Å². The zero-order valence-corrected chi connectivity index (χ0v) is 18.2. The lowest BCUT2D eigenvalue weighted by Crippen LogP contribution is -2.60. The highest BCUT2D eigenvalue weighted by atomic mass is 16.5. The summed E-state index contributed by atoms with van der Waals surface area (Å²) in [6.45, 7) is 7.04. The van der Waals surface area contributed by atoms with E-state index in [0.29, 0.717) is 38.3 Å². The number of nitrogens with one attached hydrogen (secondary N) is 1. The maximum Gasteiger partial charge on any atom is 0.246 e. The molecule has 0 fully saturated rings. The van der Waals surface area contributed by atoms with Crippen molar-refractivity contribution < 1.29 is 14.3 Å². The molecule has 0 radical (unpaired) electrons. The van der Waals surface area contributed by atoms with E-state index in [-0.39, 0.29) is 11.8 Å². The van der Waals surface area contributed by atoms with Crippen LogP contribution in [0.25, 0.3) is 0 Å². The van der Waals surface area contributed by atoms with Crippen LogP contribution in [-0.4, -0.2) is 30.5 Å². The van der Waals surface area contributed by atoms with Crippen LogP contribution in [0, 0.1) is 5.92 Å². The van der Waals surface area contributed by atoms with Gasteiger partial charge in [-0.2, -0.15) is 0 Å². The topological polar surface area (TPSA) is 58.6 Å². The van der Waals surface area contributed by atoms with Crippen LogP contribution in [0.1, 0.15) is 45.6 Å². The molecule has 0 aromatic heterocycles. The average Bonchev–Trinajstić information content (AvgIpc) is 2.73. The molecule has 1 aliphatic heterocycles. The summed E-state index contributed by atoms with van der Waals surface area (Å²) < 4.78 is 6.05. The van der Waals surface area contributed by atoms with Gasteiger partial charge in [-0.25, -0.2) is 0 Å². The molecular weight excluding hydrogens is 376 g/mol. The van der Waals surface area contributed by atoms with E-state index in [0.717, 1.165) is 23.4 Å². The molecule has 1 unspecified atom stereocenters. The molecule has 2 amide bonds. The number of carbonyl (C=O) groups excluding carboxylic acids is 2. The molecule has 1 aliphatic rings. The summed E-state index contributed by atoms with van der Waals surface area (Å²) in [6, 6.07) is 17.3. The minimum atomic E-state index is -1.04. The van der Waals surface area contributed by atoms with Gasteiger partial charge in [0.05, 0.1) is 6.61 Å². The highest BCUT2D eigenvalue weighted by molar-refractivity contribution is 6.03. The fourth-order valence-electron chi connectivity index (χ4n) is 3.84. The highest BCUT2D eigenvalue weighted by Crippen LogP contribution is 2.31. The molecule has 30 heavy (non-hydrogen) atoms. The highest BCUT2D eigenvalue weighted by Gasteiger charge is 2.43. The van der Waals surface area contributed by atoms with Crippen LogP contribution in [0.4, 0.5) is 5.69 Å². The van der Waals surface area contributed by atoms with Gasteiger partial charge in [0.1, 0.15) is 11.3 Å². The number of aryl methyl sites for hydroxylation is 1. The molecule has 2 aromatic carbocycles. The fourth-order valence-corrected chi connectivity index (χ4v) is 3.84. The van der Waals surface area contributed by atoms with Crippen molar-refractivity contribution in [2.75, 3.05) is 18.1 Å². The zero-order valence-electron chi connectivity index (χ0n) is 18.2. The number of benzene rings is 2. The predicted molar refractivity (Wildman–Crippen MR) is 120 cm³/mol. The molecule has 3 rings (SSSR count). The Labute approximate surface area is 179 Å². The van der Waals surface area contributed by atoms with Crippen molar-refractivity contribution in [1.82, 2.24) is 5.32 Å². The minimum absolute atomic E-state index is 0.0561. The second-order valence-electron chi connectivity index (χ2n) is 8.48. The lowest BCUT2D eigenvalue weighted by Gasteiger charge is -2.41. The number of nitrogens with zero attached hydrogens (tertiary/aromatic N) is 1. The van der Waals surface area contributed by atoms with Gasteiger partial charge in [-0.3, -0.25) is 14.5 Å². The Kier molecular flexibility index (Phi) is 7.14. The number of para-hydroxylation sites is 2. The predicted octanol–water partition coefficient (Wildman–Crippen LogP) is 4.36. The number of ether oxygens (including phenoxy) is 1. The lowest BCUT2D eigenvalue weighted by molar-refractivity contribution is -0.130. The van der Waals surface area contributed by atoms with Crippen molar-refractivity contribution in [1.29, 1.82) is 0 Å². The third-order valence-corrected chi connectivity index (χ3v) is 5.68. The Morgan fingerprint density at radius 1 is 1.10 bits per heavy atom. The zero-order chi connectivity index (χ0) is 21.6. The van der Waals surface area contributed by atoms with E-state index in [1.807, 2.05) is 61.5 Å². The standard InChI is InChI=1S/C25H32N2O3/c1-19(2)15-17-26-24(29)25(3)16-18-30-22-12-8-7-9-20(22)13-14-23(28)27(25)21-10-5-4-6-11-21/h4-12,19H,13-18H2,1-3H3,(H,26,29). The molecule has 0 saturated heterocycles. The van der Waals surface area contributed by atoms with Crippen LogP contribution in [0.3, 0.4) is 0 Å². The summed E-state index contributed by atoms with van der Waals surface area (Å²) in [5.41, 5.74) is 0.712. The van der Waals surface area contributed by atoms with E-state index in [9.17, 15) is 9.59 Å². The van der Waals surface area contributed by atoms with Crippen LogP contribution in [0.2, 0.25) is 0 Å². The van der Waals surface area contributed by atoms with Crippen LogP contribution in [0.15, 0.2) is 54.6 Å². The molecule has 0 saturated carbocycles. The van der Waals surface area contributed by atoms with Gasteiger partial charge in [-0.15, -0.1) is 0 Å². The molecule has 0 spiro atoms. The third-order valence-electron chi connectivity index (χ3n) is 5.68. The van der Waals surface area contributed by atoms with E-state index in [4.69, 9.17) is 4.74 Å². The molecule has 5 nitrogen and oxygen atoms in total. The molecule has 1 N–H and O–H groups in total. The summed E-state index contributed by atoms with van der Waals surface area (Å²) in [4.78, 5) is 28.5. The van der Waals surface area contributed by atoms with E-state index >= 15 is 0 Å². The summed E-state index contributed by atoms with van der Waals surface area (Å²) >= 11 is 0. The first kappa shape index (κ1) is 21.9. The first-order chi connectivity index (χ1) is 14.4. The number of hydrogen-bond acceptors (Lipinski definition) is 3. The lowest BCUT2D eigenvalue weighted by atomic mass is 9.91. The Balaban J connectivity index is 1.95. The number of carbonyl (C=O) groups is 2. The second-order valence-corrected chi connectivity index (χ2v) is 8.48. The molecule has 0 aliphatic carbocycles. The van der Waals surface area contributed by atoms with Gasteiger partial charge in [0, 0.05) is 25.1 Å². The SMILES string of the molecule is CC(C)CCNC(=O)C1(C)CCOc2ccccc2CCC(=O)N1c1ccccc1. The molecule has 5 heteroatoms. The number of anilines is 1. The second kappa shape index (κ2) is 9.79. The fraction of sp³-hybridized carbons (Fsp3) is 0.440. The Bertz CT molecular complexity index is 866. The molecule has 0 bridgehead atoms. The van der Waals surface area contributed by atoms with E-state index < -0.39 is 5.54 Å².